The molecule has 1 heterocycles. The lowest BCUT2D eigenvalue weighted by molar-refractivity contribution is 0.318. The number of nitrogens with two attached hydrogens (primary N) is 1. The van der Waals surface area contributed by atoms with Crippen LogP contribution in [-0.2, 0) is 6.54 Å². The molecular formula is C13H12BrClN4O. The normalized spacial score (nSPS) is 11.4. The van der Waals surface area contributed by atoms with Crippen LogP contribution < -0.4 is 11.1 Å². The number of anilines is 1. The van der Waals surface area contributed by atoms with Gasteiger partial charge < -0.3 is 16.3 Å². The maximum Gasteiger partial charge on any atom is 0.189 e. The van der Waals surface area contributed by atoms with E-state index in [2.05, 4.69) is 31.4 Å². The lowest BCUT2D eigenvalue weighted by atomic mass is 10.1. The molecular weight excluding hydrogens is 344 g/mol. The second-order valence-electron chi connectivity index (χ2n) is 3.98. The Labute approximate surface area is 129 Å². The van der Waals surface area contributed by atoms with Gasteiger partial charge in [0.05, 0.1) is 5.02 Å². The van der Waals surface area contributed by atoms with Crippen molar-refractivity contribution in [1.29, 1.82) is 0 Å². The number of amidine groups is 1. The average molecular weight is 356 g/mol. The van der Waals surface area contributed by atoms with E-state index in [4.69, 9.17) is 22.5 Å². The summed E-state index contributed by atoms with van der Waals surface area (Å²) in [6.07, 6.45) is 1.59. The molecule has 20 heavy (non-hydrogen) atoms. The molecule has 0 aliphatic heterocycles. The van der Waals surface area contributed by atoms with Gasteiger partial charge in [-0.3, -0.25) is 4.98 Å². The molecule has 0 amide bonds. The molecule has 0 spiro atoms. The predicted octanol–water partition coefficient (Wildman–Crippen LogP) is 3.20. The van der Waals surface area contributed by atoms with Crippen LogP contribution in [0.2, 0.25) is 5.02 Å². The van der Waals surface area contributed by atoms with E-state index in [0.29, 0.717) is 17.3 Å². The lowest BCUT2D eigenvalue weighted by Crippen LogP contribution is -2.18. The number of hydrogen-bond donors (Lipinski definition) is 3. The second kappa shape index (κ2) is 6.58. The number of rotatable bonds is 4. The Balaban J connectivity index is 2.17. The number of pyridine rings is 1. The number of halogens is 2. The third kappa shape index (κ3) is 3.40. The van der Waals surface area contributed by atoms with E-state index in [0.717, 1.165) is 15.7 Å². The highest BCUT2D eigenvalue weighted by atomic mass is 79.9. The van der Waals surface area contributed by atoms with Gasteiger partial charge in [0, 0.05) is 28.5 Å². The summed E-state index contributed by atoms with van der Waals surface area (Å²) in [5.41, 5.74) is 7.73. The van der Waals surface area contributed by atoms with E-state index in [1.807, 2.05) is 24.3 Å². The molecule has 7 heteroatoms. The summed E-state index contributed by atoms with van der Waals surface area (Å²) in [5.74, 6) is -0.0174. The number of nitrogens with zero attached hydrogens (tertiary/aromatic N) is 2. The topological polar surface area (TPSA) is 83.5 Å². The van der Waals surface area contributed by atoms with Crippen molar-refractivity contribution in [3.05, 3.63) is 57.3 Å². The summed E-state index contributed by atoms with van der Waals surface area (Å²) in [4.78, 5) is 4.10. The van der Waals surface area contributed by atoms with Gasteiger partial charge in [0.25, 0.3) is 0 Å². The zero-order chi connectivity index (χ0) is 14.5. The van der Waals surface area contributed by atoms with Crippen LogP contribution in [0.15, 0.2) is 46.2 Å². The van der Waals surface area contributed by atoms with Gasteiger partial charge in [-0.1, -0.05) is 22.8 Å². The molecule has 1 aromatic heterocycles. The molecule has 0 unspecified atom stereocenters. The maximum atomic E-state index is 8.74. The molecule has 2 rings (SSSR count). The van der Waals surface area contributed by atoms with Crippen molar-refractivity contribution in [2.24, 2.45) is 10.9 Å². The fraction of sp³-hybridized carbons (Fsp3) is 0.0769. The Bertz CT molecular complexity index is 648. The summed E-state index contributed by atoms with van der Waals surface area (Å²) in [6.45, 7) is 0.483. The van der Waals surface area contributed by atoms with Crippen LogP contribution >= 0.6 is 27.5 Å². The highest BCUT2D eigenvalue weighted by Gasteiger charge is 2.08. The fourth-order valence-electron chi connectivity index (χ4n) is 1.66. The average Bonchev–Trinajstić information content (AvgIpc) is 2.48. The van der Waals surface area contributed by atoms with Crippen LogP contribution in [0.5, 0.6) is 0 Å². The van der Waals surface area contributed by atoms with Gasteiger partial charge in [-0.05, 0) is 40.2 Å². The predicted molar refractivity (Wildman–Crippen MR) is 83.2 cm³/mol. The Morgan fingerprint density at radius 2 is 2.25 bits per heavy atom. The van der Waals surface area contributed by atoms with Crippen LogP contribution in [0.3, 0.4) is 0 Å². The molecule has 0 bridgehead atoms. The smallest absolute Gasteiger partial charge is 0.189 e. The molecule has 0 radical (unpaired) electrons. The highest BCUT2D eigenvalue weighted by molar-refractivity contribution is 9.10. The van der Waals surface area contributed by atoms with Crippen LogP contribution in [0.25, 0.3) is 0 Å². The van der Waals surface area contributed by atoms with E-state index in [9.17, 15) is 0 Å². The number of oxime groups is 1. The van der Waals surface area contributed by atoms with E-state index in [1.54, 1.807) is 12.3 Å². The number of nitrogens with one attached hydrogen (secondary N) is 1. The second-order valence-corrected chi connectivity index (χ2v) is 5.24. The molecule has 0 saturated carbocycles. The SMILES string of the molecule is N/C(=N/O)c1ncccc1CNc1ccc(Br)c(Cl)c1. The van der Waals surface area contributed by atoms with E-state index < -0.39 is 0 Å². The van der Waals surface area contributed by atoms with Crippen molar-refractivity contribution in [2.75, 3.05) is 5.32 Å². The monoisotopic (exact) mass is 354 g/mol. The van der Waals surface area contributed by atoms with E-state index in [-0.39, 0.29) is 5.84 Å². The first-order valence-electron chi connectivity index (χ1n) is 5.72. The van der Waals surface area contributed by atoms with Crippen LogP contribution in [-0.4, -0.2) is 16.0 Å². The van der Waals surface area contributed by atoms with Gasteiger partial charge in [-0.25, -0.2) is 0 Å². The van der Waals surface area contributed by atoms with Crippen LogP contribution in [0.1, 0.15) is 11.3 Å². The minimum Gasteiger partial charge on any atom is -0.409 e. The van der Waals surface area contributed by atoms with E-state index in [1.165, 1.54) is 0 Å². The number of benzene rings is 1. The van der Waals surface area contributed by atoms with Crippen LogP contribution in [0.4, 0.5) is 5.69 Å². The summed E-state index contributed by atoms with van der Waals surface area (Å²) in [7, 11) is 0. The van der Waals surface area contributed by atoms with Gasteiger partial charge in [-0.2, -0.15) is 0 Å². The quantitative estimate of drug-likeness (QED) is 0.340. The van der Waals surface area contributed by atoms with E-state index >= 15 is 0 Å². The van der Waals surface area contributed by atoms with Gasteiger partial charge in [0.1, 0.15) is 5.69 Å². The minimum atomic E-state index is -0.0174. The summed E-state index contributed by atoms with van der Waals surface area (Å²) >= 11 is 9.36. The molecule has 0 saturated heterocycles. The first-order valence-corrected chi connectivity index (χ1v) is 6.89. The Hall–Kier alpha value is -1.79. The Morgan fingerprint density at radius 3 is 2.95 bits per heavy atom. The first-order chi connectivity index (χ1) is 9.61. The third-order valence-electron chi connectivity index (χ3n) is 2.64. The number of hydrogen-bond acceptors (Lipinski definition) is 4. The molecule has 0 aliphatic carbocycles. The molecule has 0 aliphatic rings. The van der Waals surface area contributed by atoms with Crippen molar-refractivity contribution in [3.63, 3.8) is 0 Å². The van der Waals surface area contributed by atoms with Gasteiger partial charge in [0.15, 0.2) is 5.84 Å². The molecule has 0 atom stereocenters. The standard InChI is InChI=1S/C13H12BrClN4O/c14-10-4-3-9(6-11(10)15)18-7-8-2-1-5-17-12(8)13(16)19-20/h1-6,18,20H,7H2,(H2,16,19). The van der Waals surface area contributed by atoms with Gasteiger partial charge in [-0.15, -0.1) is 0 Å². The highest BCUT2D eigenvalue weighted by Crippen LogP contribution is 2.25. The van der Waals surface area contributed by atoms with Crippen molar-refractivity contribution in [2.45, 2.75) is 6.54 Å². The molecule has 104 valence electrons. The largest absolute Gasteiger partial charge is 0.409 e. The van der Waals surface area contributed by atoms with Crippen molar-refractivity contribution < 1.29 is 5.21 Å². The molecule has 4 N–H and O–H groups in total. The molecule has 0 fully saturated rings. The first kappa shape index (κ1) is 14.6. The molecule has 5 nitrogen and oxygen atoms in total. The van der Waals surface area contributed by atoms with Crippen LogP contribution in [0, 0.1) is 0 Å². The summed E-state index contributed by atoms with van der Waals surface area (Å²) < 4.78 is 0.837. The fourth-order valence-corrected chi connectivity index (χ4v) is 2.09. The summed E-state index contributed by atoms with van der Waals surface area (Å²) in [6, 6.07) is 9.21. The van der Waals surface area contributed by atoms with Crippen molar-refractivity contribution in [3.8, 4) is 0 Å². The number of aromatic nitrogens is 1. The minimum absolute atomic E-state index is 0.0174. The van der Waals surface area contributed by atoms with Gasteiger partial charge in [0.2, 0.25) is 0 Å². The zero-order valence-electron chi connectivity index (χ0n) is 10.3. The third-order valence-corrected chi connectivity index (χ3v) is 3.88. The lowest BCUT2D eigenvalue weighted by Gasteiger charge is -2.10. The van der Waals surface area contributed by atoms with Crippen molar-refractivity contribution in [1.82, 2.24) is 4.98 Å². The summed E-state index contributed by atoms with van der Waals surface area (Å²) in [5, 5.41) is 15.6. The van der Waals surface area contributed by atoms with Crippen molar-refractivity contribution >= 4 is 39.1 Å². The Kier molecular flexibility index (Phi) is 4.81. The molecule has 2 aromatic rings. The van der Waals surface area contributed by atoms with Gasteiger partial charge >= 0.3 is 0 Å². The maximum absolute atomic E-state index is 8.74. The zero-order valence-corrected chi connectivity index (χ0v) is 12.7. The molecule has 1 aromatic carbocycles. The Morgan fingerprint density at radius 1 is 1.45 bits per heavy atom.